The average molecular weight is 368 g/mol. The van der Waals surface area contributed by atoms with Gasteiger partial charge in [0.1, 0.15) is 5.82 Å². The van der Waals surface area contributed by atoms with Gasteiger partial charge in [0.05, 0.1) is 1.37 Å². The molecule has 0 aliphatic carbocycles. The first-order valence-electron chi connectivity index (χ1n) is 9.86. The van der Waals surface area contributed by atoms with Gasteiger partial charge in [0.25, 0.3) is 0 Å². The van der Waals surface area contributed by atoms with E-state index in [1.54, 1.807) is 11.3 Å². The number of hydrogen-bond donors (Lipinski definition) is 0. The van der Waals surface area contributed by atoms with Crippen LogP contribution in [0.3, 0.4) is 0 Å². The Bertz CT molecular complexity index is 911. The number of thiophene rings is 1. The largest absolute Gasteiger partial charge is 0.330 e. The van der Waals surface area contributed by atoms with Crippen LogP contribution in [0.25, 0.3) is 11.1 Å². The highest BCUT2D eigenvalue weighted by Gasteiger charge is 2.19. The fourth-order valence-electron chi connectivity index (χ4n) is 3.30. The standard InChI is InChI=1S/C23H30N2S/c1-16(2)13-21-17(3)20(15-26-21)19-9-7-18(8-10-19)14-25-12-11-24-22(25)23(4,5)6/h7-12,15-16H,13-14H2,1-6H3/i15D. The molecule has 0 fully saturated rings. The number of imidazole rings is 1. The van der Waals surface area contributed by atoms with Crippen LogP contribution in [0.1, 0.15) is 57.8 Å². The van der Waals surface area contributed by atoms with Gasteiger partial charge < -0.3 is 4.57 Å². The lowest BCUT2D eigenvalue weighted by atomic mass is 9.95. The molecule has 26 heavy (non-hydrogen) atoms. The van der Waals surface area contributed by atoms with Crippen molar-refractivity contribution in [3.8, 4) is 11.1 Å². The van der Waals surface area contributed by atoms with Crippen molar-refractivity contribution >= 4 is 11.3 Å². The van der Waals surface area contributed by atoms with Gasteiger partial charge in [-0.15, -0.1) is 11.3 Å². The Morgan fingerprint density at radius 1 is 1.19 bits per heavy atom. The van der Waals surface area contributed by atoms with Gasteiger partial charge in [-0.1, -0.05) is 58.9 Å². The highest BCUT2D eigenvalue weighted by molar-refractivity contribution is 7.10. The maximum absolute atomic E-state index is 8.43. The van der Waals surface area contributed by atoms with E-state index in [1.165, 1.54) is 16.0 Å². The van der Waals surface area contributed by atoms with E-state index in [1.807, 2.05) is 6.20 Å². The molecule has 0 spiro atoms. The molecule has 0 bridgehead atoms. The minimum atomic E-state index is 0.0319. The lowest BCUT2D eigenvalue weighted by molar-refractivity contribution is 0.511. The predicted octanol–water partition coefficient (Wildman–Crippen LogP) is 6.46. The molecule has 2 aromatic heterocycles. The smallest absolute Gasteiger partial charge is 0.114 e. The summed E-state index contributed by atoms with van der Waals surface area (Å²) in [6, 6.07) is 8.69. The van der Waals surface area contributed by atoms with E-state index in [-0.39, 0.29) is 5.41 Å². The summed E-state index contributed by atoms with van der Waals surface area (Å²) in [4.78, 5) is 5.89. The third-order valence-corrected chi connectivity index (χ3v) is 5.67. The molecule has 3 heteroatoms. The van der Waals surface area contributed by atoms with Gasteiger partial charge >= 0.3 is 0 Å². The van der Waals surface area contributed by atoms with Gasteiger partial charge in [0.2, 0.25) is 0 Å². The predicted molar refractivity (Wildman–Crippen MR) is 113 cm³/mol. The molecule has 0 radical (unpaired) electrons. The number of aromatic nitrogens is 2. The molecule has 0 unspecified atom stereocenters. The number of hydrogen-bond acceptors (Lipinski definition) is 2. The van der Waals surface area contributed by atoms with Gasteiger partial charge in [0, 0.05) is 29.2 Å². The number of nitrogens with zero attached hydrogens (tertiary/aromatic N) is 2. The van der Waals surface area contributed by atoms with Crippen LogP contribution in [0, 0.1) is 12.8 Å². The summed E-state index contributed by atoms with van der Waals surface area (Å²) in [6.45, 7) is 14.0. The Morgan fingerprint density at radius 3 is 2.50 bits per heavy atom. The fraction of sp³-hybridized carbons (Fsp3) is 0.435. The zero-order valence-electron chi connectivity index (χ0n) is 17.8. The molecule has 0 saturated heterocycles. The van der Waals surface area contributed by atoms with Crippen LogP contribution >= 0.6 is 11.3 Å². The second-order valence-corrected chi connectivity index (χ2v) is 9.45. The first kappa shape index (κ1) is 17.5. The molecule has 0 amide bonds. The molecule has 2 nitrogen and oxygen atoms in total. The van der Waals surface area contributed by atoms with Crippen LogP contribution in [0.5, 0.6) is 0 Å². The van der Waals surface area contributed by atoms with Crippen LogP contribution in [0.15, 0.2) is 42.0 Å². The molecule has 0 aliphatic rings. The zero-order chi connectivity index (χ0) is 19.8. The molecule has 0 saturated carbocycles. The Hall–Kier alpha value is -1.87. The fourth-order valence-corrected chi connectivity index (χ4v) is 4.47. The lowest BCUT2D eigenvalue weighted by Gasteiger charge is -2.20. The van der Waals surface area contributed by atoms with Gasteiger partial charge in [-0.3, -0.25) is 0 Å². The van der Waals surface area contributed by atoms with Gasteiger partial charge in [0.15, 0.2) is 0 Å². The van der Waals surface area contributed by atoms with Crippen molar-refractivity contribution in [1.29, 1.82) is 0 Å². The SMILES string of the molecule is [2H]c1sc(CC(C)C)c(C)c1-c1ccc(Cn2ccnc2C(C)(C)C)cc1. The van der Waals surface area contributed by atoms with E-state index in [2.05, 4.69) is 81.6 Å². The molecule has 138 valence electrons. The van der Waals surface area contributed by atoms with E-state index in [0.29, 0.717) is 11.3 Å². The summed E-state index contributed by atoms with van der Waals surface area (Å²) in [5.41, 5.74) is 4.80. The van der Waals surface area contributed by atoms with Gasteiger partial charge in [-0.2, -0.15) is 0 Å². The van der Waals surface area contributed by atoms with Crippen molar-refractivity contribution in [3.05, 3.63) is 63.8 Å². The molecule has 0 aliphatic heterocycles. The molecule has 0 atom stereocenters. The molecule has 3 aromatic rings. The van der Waals surface area contributed by atoms with Crippen molar-refractivity contribution in [1.82, 2.24) is 9.55 Å². The summed E-state index contributed by atoms with van der Waals surface area (Å²) in [5, 5.41) is 0.681. The Labute approximate surface area is 163 Å². The Balaban J connectivity index is 1.85. The zero-order valence-corrected chi connectivity index (χ0v) is 17.6. The lowest BCUT2D eigenvalue weighted by Crippen LogP contribution is -2.19. The summed E-state index contributed by atoms with van der Waals surface area (Å²) < 4.78 is 10.7. The summed E-state index contributed by atoms with van der Waals surface area (Å²) in [6.07, 6.45) is 4.99. The van der Waals surface area contributed by atoms with E-state index in [0.717, 1.165) is 29.9 Å². The molecular weight excluding hydrogens is 336 g/mol. The Kier molecular flexibility index (Phi) is 4.99. The minimum Gasteiger partial charge on any atom is -0.330 e. The normalized spacial score (nSPS) is 12.7. The highest BCUT2D eigenvalue weighted by atomic mass is 32.1. The number of rotatable bonds is 5. The monoisotopic (exact) mass is 367 g/mol. The third-order valence-electron chi connectivity index (χ3n) is 4.65. The second kappa shape index (κ2) is 7.40. The maximum Gasteiger partial charge on any atom is 0.114 e. The van der Waals surface area contributed by atoms with Gasteiger partial charge in [-0.25, -0.2) is 4.98 Å². The summed E-state index contributed by atoms with van der Waals surface area (Å²) in [5.74, 6) is 1.72. The molecule has 1 aromatic carbocycles. The number of benzene rings is 1. The van der Waals surface area contributed by atoms with E-state index in [4.69, 9.17) is 1.37 Å². The summed E-state index contributed by atoms with van der Waals surface area (Å²) in [7, 11) is 0. The second-order valence-electron chi connectivity index (χ2n) is 8.55. The van der Waals surface area contributed by atoms with Crippen LogP contribution in [-0.2, 0) is 18.4 Å². The maximum atomic E-state index is 8.43. The molecule has 2 heterocycles. The van der Waals surface area contributed by atoms with Crippen molar-refractivity contribution < 1.29 is 1.37 Å². The molecular formula is C23H30N2S. The van der Waals surface area contributed by atoms with Crippen molar-refractivity contribution in [2.24, 2.45) is 5.92 Å². The van der Waals surface area contributed by atoms with Crippen LogP contribution in [0.2, 0.25) is 0 Å². The Morgan fingerprint density at radius 2 is 1.88 bits per heavy atom. The van der Waals surface area contributed by atoms with Crippen molar-refractivity contribution in [3.63, 3.8) is 0 Å². The topological polar surface area (TPSA) is 17.8 Å². The first-order chi connectivity index (χ1) is 12.7. The minimum absolute atomic E-state index is 0.0319. The van der Waals surface area contributed by atoms with Crippen LogP contribution in [-0.4, -0.2) is 9.55 Å². The van der Waals surface area contributed by atoms with Crippen molar-refractivity contribution in [2.75, 3.05) is 0 Å². The first-order valence-corrected chi connectivity index (χ1v) is 10.2. The van der Waals surface area contributed by atoms with E-state index in [9.17, 15) is 0 Å². The van der Waals surface area contributed by atoms with Gasteiger partial charge in [-0.05, 0) is 46.9 Å². The molecule has 0 N–H and O–H groups in total. The quantitative estimate of drug-likeness (QED) is 0.505. The van der Waals surface area contributed by atoms with Crippen molar-refractivity contribution in [2.45, 2.75) is 59.9 Å². The van der Waals surface area contributed by atoms with Crippen LogP contribution in [0.4, 0.5) is 0 Å². The van der Waals surface area contributed by atoms with Crippen LogP contribution < -0.4 is 0 Å². The third kappa shape index (κ3) is 4.09. The average Bonchev–Trinajstić information content (AvgIpc) is 3.13. The summed E-state index contributed by atoms with van der Waals surface area (Å²) >= 11 is 1.63. The molecule has 3 rings (SSSR count). The van der Waals surface area contributed by atoms with E-state index >= 15 is 0 Å². The van der Waals surface area contributed by atoms with E-state index < -0.39 is 0 Å². The highest BCUT2D eigenvalue weighted by Crippen LogP contribution is 2.32.